The molecule has 0 aliphatic heterocycles. The molecule has 0 bridgehead atoms. The van der Waals surface area contributed by atoms with Gasteiger partial charge in [-0.1, -0.05) is 73.6 Å². The normalized spacial score (nSPS) is 12.8. The second kappa shape index (κ2) is 11.1. The molecule has 0 radical (unpaired) electrons. The molecular formula is C27H29N5OS. The van der Waals surface area contributed by atoms with Crippen LogP contribution in [0.5, 0.6) is 0 Å². The third-order valence-electron chi connectivity index (χ3n) is 5.68. The predicted octanol–water partition coefficient (Wildman–Crippen LogP) is 5.78. The van der Waals surface area contributed by atoms with Gasteiger partial charge in [-0.3, -0.25) is 14.3 Å². The quantitative estimate of drug-likeness (QED) is 0.314. The van der Waals surface area contributed by atoms with Gasteiger partial charge in [-0.2, -0.15) is 0 Å². The lowest BCUT2D eigenvalue weighted by molar-refractivity contribution is -0.121. The van der Waals surface area contributed by atoms with Crippen LogP contribution in [0.2, 0.25) is 0 Å². The van der Waals surface area contributed by atoms with Gasteiger partial charge in [0.2, 0.25) is 5.91 Å². The summed E-state index contributed by atoms with van der Waals surface area (Å²) in [5, 5.41) is 12.5. The van der Waals surface area contributed by atoms with Gasteiger partial charge in [0.15, 0.2) is 11.0 Å². The fourth-order valence-corrected chi connectivity index (χ4v) is 4.73. The lowest BCUT2D eigenvalue weighted by atomic mass is 10.0. The van der Waals surface area contributed by atoms with Crippen molar-refractivity contribution in [2.45, 2.75) is 50.1 Å². The number of benzene rings is 2. The molecule has 4 rings (SSSR count). The number of nitrogens with zero attached hydrogens (tertiary/aromatic N) is 4. The molecule has 7 heteroatoms. The maximum absolute atomic E-state index is 13.2. The van der Waals surface area contributed by atoms with E-state index in [9.17, 15) is 4.79 Å². The number of aryl methyl sites for hydroxylation is 1. The Bertz CT molecular complexity index is 1230. The van der Waals surface area contributed by atoms with Crippen LogP contribution in [0, 0.1) is 6.92 Å². The van der Waals surface area contributed by atoms with Crippen molar-refractivity contribution in [3.63, 3.8) is 0 Å². The summed E-state index contributed by atoms with van der Waals surface area (Å²) in [4.78, 5) is 17.3. The largest absolute Gasteiger partial charge is 0.348 e. The maximum Gasteiger partial charge on any atom is 0.233 e. The van der Waals surface area contributed by atoms with Gasteiger partial charge in [-0.25, -0.2) is 0 Å². The average molecular weight is 472 g/mol. The topological polar surface area (TPSA) is 72.7 Å². The number of amides is 1. The van der Waals surface area contributed by atoms with E-state index < -0.39 is 0 Å². The van der Waals surface area contributed by atoms with Crippen LogP contribution in [0.3, 0.4) is 0 Å². The van der Waals surface area contributed by atoms with E-state index >= 15 is 0 Å². The van der Waals surface area contributed by atoms with E-state index in [1.165, 1.54) is 11.8 Å². The number of hydrogen-bond acceptors (Lipinski definition) is 5. The zero-order chi connectivity index (χ0) is 23.9. The summed E-state index contributed by atoms with van der Waals surface area (Å²) in [5.74, 6) is 0.706. The fraction of sp³-hybridized carbons (Fsp3) is 0.259. The average Bonchev–Trinajstić information content (AvgIpc) is 3.28. The molecule has 4 aromatic rings. The van der Waals surface area contributed by atoms with E-state index in [0.717, 1.165) is 41.0 Å². The summed E-state index contributed by atoms with van der Waals surface area (Å²) in [5.41, 5.74) is 4.13. The minimum absolute atomic E-state index is 0.0108. The van der Waals surface area contributed by atoms with Gasteiger partial charge in [-0.15, -0.1) is 10.2 Å². The van der Waals surface area contributed by atoms with Crippen LogP contribution < -0.4 is 5.32 Å². The minimum Gasteiger partial charge on any atom is -0.348 e. The third kappa shape index (κ3) is 5.37. The minimum atomic E-state index is -0.347. The van der Waals surface area contributed by atoms with Gasteiger partial charge < -0.3 is 5.32 Å². The fourth-order valence-electron chi connectivity index (χ4n) is 3.86. The molecule has 2 unspecified atom stereocenters. The van der Waals surface area contributed by atoms with E-state index in [4.69, 9.17) is 0 Å². The molecular weight excluding hydrogens is 442 g/mol. The summed E-state index contributed by atoms with van der Waals surface area (Å²) >= 11 is 1.41. The number of aromatic nitrogens is 4. The molecule has 1 N–H and O–H groups in total. The molecule has 0 aliphatic rings. The predicted molar refractivity (Wildman–Crippen MR) is 137 cm³/mol. The Morgan fingerprint density at radius 3 is 2.41 bits per heavy atom. The van der Waals surface area contributed by atoms with E-state index in [0.29, 0.717) is 5.16 Å². The molecule has 2 aromatic carbocycles. The second-order valence-corrected chi connectivity index (χ2v) is 9.49. The first-order valence-corrected chi connectivity index (χ1v) is 12.4. The molecule has 6 nitrogen and oxygen atoms in total. The summed E-state index contributed by atoms with van der Waals surface area (Å²) < 4.78 is 2.03. The molecule has 2 aromatic heterocycles. The Labute approximate surface area is 204 Å². The number of para-hydroxylation sites is 1. The van der Waals surface area contributed by atoms with Crippen molar-refractivity contribution in [2.75, 3.05) is 0 Å². The first kappa shape index (κ1) is 23.7. The van der Waals surface area contributed by atoms with Crippen LogP contribution in [0.4, 0.5) is 0 Å². The van der Waals surface area contributed by atoms with Gasteiger partial charge in [0, 0.05) is 18.0 Å². The third-order valence-corrected chi connectivity index (χ3v) is 6.72. The van der Waals surface area contributed by atoms with E-state index in [2.05, 4.69) is 52.5 Å². The smallest absolute Gasteiger partial charge is 0.233 e. The van der Waals surface area contributed by atoms with Crippen molar-refractivity contribution < 1.29 is 4.79 Å². The van der Waals surface area contributed by atoms with Gasteiger partial charge in [0.25, 0.3) is 0 Å². The zero-order valence-electron chi connectivity index (χ0n) is 19.7. The van der Waals surface area contributed by atoms with Crippen LogP contribution in [-0.2, 0) is 4.79 Å². The monoisotopic (exact) mass is 471 g/mol. The van der Waals surface area contributed by atoms with Gasteiger partial charge in [0.1, 0.15) is 0 Å². The van der Waals surface area contributed by atoms with E-state index in [1.807, 2.05) is 60.0 Å². The van der Waals surface area contributed by atoms with Crippen molar-refractivity contribution >= 4 is 17.7 Å². The summed E-state index contributed by atoms with van der Waals surface area (Å²) in [6.45, 7) is 6.11. The number of pyridine rings is 1. The molecule has 174 valence electrons. The highest BCUT2D eigenvalue weighted by Gasteiger charge is 2.24. The Morgan fingerprint density at radius 2 is 1.71 bits per heavy atom. The van der Waals surface area contributed by atoms with Crippen LogP contribution in [0.25, 0.3) is 17.1 Å². The summed E-state index contributed by atoms with van der Waals surface area (Å²) in [6.07, 6.45) is 5.36. The van der Waals surface area contributed by atoms with Crippen molar-refractivity contribution in [1.82, 2.24) is 25.1 Å². The Hall–Kier alpha value is -3.45. The highest BCUT2D eigenvalue weighted by atomic mass is 32.2. The zero-order valence-corrected chi connectivity index (χ0v) is 20.5. The number of carbonyl (C=O) groups is 1. The van der Waals surface area contributed by atoms with Crippen LogP contribution in [-0.4, -0.2) is 30.9 Å². The molecule has 0 spiro atoms. The molecule has 2 heterocycles. The molecule has 34 heavy (non-hydrogen) atoms. The summed E-state index contributed by atoms with van der Waals surface area (Å²) in [6, 6.07) is 22.1. The van der Waals surface area contributed by atoms with Crippen molar-refractivity contribution in [2.24, 2.45) is 0 Å². The van der Waals surface area contributed by atoms with Crippen LogP contribution >= 0.6 is 11.8 Å². The number of carbonyl (C=O) groups excluding carboxylic acids is 1. The summed E-state index contributed by atoms with van der Waals surface area (Å²) in [7, 11) is 0. The molecule has 0 saturated carbocycles. The van der Waals surface area contributed by atoms with E-state index in [1.54, 1.807) is 12.4 Å². The maximum atomic E-state index is 13.2. The lowest BCUT2D eigenvalue weighted by Crippen LogP contribution is -2.34. The Balaban J connectivity index is 1.61. The first-order valence-electron chi connectivity index (χ1n) is 11.5. The molecule has 2 atom stereocenters. The van der Waals surface area contributed by atoms with Gasteiger partial charge in [0.05, 0.1) is 17.0 Å². The Morgan fingerprint density at radius 1 is 1.00 bits per heavy atom. The van der Waals surface area contributed by atoms with Crippen LogP contribution in [0.15, 0.2) is 84.3 Å². The standard InChI is InChI=1S/C27H29N5OS/c1-4-10-23(21-12-6-5-7-13-21)29-26(33)20(3)34-27-31-30-25(22-15-17-28-18-16-22)32(27)24-14-9-8-11-19(24)2/h5-9,11-18,20,23H,4,10H2,1-3H3,(H,29,33). The van der Waals surface area contributed by atoms with Crippen LogP contribution in [0.1, 0.15) is 43.9 Å². The van der Waals surface area contributed by atoms with Crippen molar-refractivity contribution in [1.29, 1.82) is 0 Å². The number of hydrogen-bond donors (Lipinski definition) is 1. The highest BCUT2D eigenvalue weighted by molar-refractivity contribution is 8.00. The van der Waals surface area contributed by atoms with E-state index in [-0.39, 0.29) is 17.2 Å². The number of rotatable bonds is 9. The number of thioether (sulfide) groups is 1. The van der Waals surface area contributed by atoms with Crippen molar-refractivity contribution in [3.05, 3.63) is 90.3 Å². The lowest BCUT2D eigenvalue weighted by Gasteiger charge is -2.21. The molecule has 0 fully saturated rings. The SMILES string of the molecule is CCCC(NC(=O)C(C)Sc1nnc(-c2ccncc2)n1-c1ccccc1C)c1ccccc1. The van der Waals surface area contributed by atoms with Gasteiger partial charge >= 0.3 is 0 Å². The highest BCUT2D eigenvalue weighted by Crippen LogP contribution is 2.31. The second-order valence-electron chi connectivity index (χ2n) is 8.18. The number of nitrogens with one attached hydrogen (secondary N) is 1. The van der Waals surface area contributed by atoms with Gasteiger partial charge in [-0.05, 0) is 49.6 Å². The Kier molecular flexibility index (Phi) is 7.75. The first-order chi connectivity index (χ1) is 16.6. The van der Waals surface area contributed by atoms with Crippen molar-refractivity contribution in [3.8, 4) is 17.1 Å². The molecule has 0 aliphatic carbocycles. The molecule has 1 amide bonds. The molecule has 0 saturated heterocycles.